The Labute approximate surface area is 283 Å². The van der Waals surface area contributed by atoms with Gasteiger partial charge in [-0.3, -0.25) is 13.9 Å². The molecule has 1 unspecified atom stereocenters. The second-order valence-electron chi connectivity index (χ2n) is 12.1. The third-order valence-corrected chi connectivity index (χ3v) is 10.4. The molecule has 1 aliphatic carbocycles. The molecule has 0 radical (unpaired) electrons. The Morgan fingerprint density at radius 2 is 1.50 bits per heavy atom. The van der Waals surface area contributed by atoms with Gasteiger partial charge in [0.1, 0.15) is 24.1 Å². The van der Waals surface area contributed by atoms with Crippen LogP contribution in [0.2, 0.25) is 0 Å². The molecule has 1 saturated carbocycles. The molecule has 1 fully saturated rings. The smallest absolute Gasteiger partial charge is 0.264 e. The SMILES string of the molecule is COc1ccc(OC)c(N(CC(=O)N(Cc2cccc(C)c2)C(Cc2ccccc2)C(=O)NC2CCCC2)S(=O)(=O)c2ccccc2)c1. The zero-order valence-electron chi connectivity index (χ0n) is 27.7. The summed E-state index contributed by atoms with van der Waals surface area (Å²) in [4.78, 5) is 30.5. The number of carbonyl (C=O) groups is 2. The summed E-state index contributed by atoms with van der Waals surface area (Å²) in [5.74, 6) is -0.166. The van der Waals surface area contributed by atoms with Crippen LogP contribution in [0.15, 0.2) is 108 Å². The Balaban J connectivity index is 1.61. The summed E-state index contributed by atoms with van der Waals surface area (Å²) < 4.78 is 40.8. The van der Waals surface area contributed by atoms with Crippen LogP contribution >= 0.6 is 0 Å². The van der Waals surface area contributed by atoms with Crippen LogP contribution < -0.4 is 19.1 Å². The van der Waals surface area contributed by atoms with Gasteiger partial charge in [0.05, 0.1) is 24.8 Å². The number of nitrogens with zero attached hydrogens (tertiary/aromatic N) is 2. The van der Waals surface area contributed by atoms with Crippen molar-refractivity contribution in [2.45, 2.75) is 62.6 Å². The van der Waals surface area contributed by atoms with Crippen LogP contribution in [0.3, 0.4) is 0 Å². The molecule has 48 heavy (non-hydrogen) atoms. The zero-order valence-corrected chi connectivity index (χ0v) is 28.5. The van der Waals surface area contributed by atoms with E-state index in [-0.39, 0.29) is 41.2 Å². The predicted octanol–water partition coefficient (Wildman–Crippen LogP) is 5.91. The fourth-order valence-electron chi connectivity index (χ4n) is 6.15. The standard InChI is InChI=1S/C38H43N3O6S/c1-28-13-12-16-30(23-28)26-40(35(24-29-14-6-4-7-15-29)38(43)39-31-17-10-11-18-31)37(42)27-41(48(44,45)33-19-8-5-9-20-33)34-25-32(46-2)21-22-36(34)47-3/h4-9,12-16,19-23,25,31,35H,10-11,17-18,24,26-27H2,1-3H3,(H,39,43). The van der Waals surface area contributed by atoms with Gasteiger partial charge in [-0.25, -0.2) is 8.42 Å². The molecule has 0 aliphatic heterocycles. The summed E-state index contributed by atoms with van der Waals surface area (Å²) in [5.41, 5.74) is 2.85. The van der Waals surface area contributed by atoms with E-state index in [9.17, 15) is 18.0 Å². The molecular weight excluding hydrogens is 627 g/mol. The number of hydrogen-bond donors (Lipinski definition) is 1. The average Bonchev–Trinajstić information content (AvgIpc) is 3.62. The Kier molecular flexibility index (Phi) is 11.4. The highest BCUT2D eigenvalue weighted by Crippen LogP contribution is 2.36. The molecular formula is C38H43N3O6S. The monoisotopic (exact) mass is 669 g/mol. The highest BCUT2D eigenvalue weighted by molar-refractivity contribution is 7.92. The van der Waals surface area contributed by atoms with Crippen LogP contribution in [-0.4, -0.2) is 58.0 Å². The molecule has 1 N–H and O–H groups in total. The summed E-state index contributed by atoms with van der Waals surface area (Å²) in [6, 6.07) is 29.2. The summed E-state index contributed by atoms with van der Waals surface area (Å²) in [5, 5.41) is 3.20. The fraction of sp³-hybridized carbons (Fsp3) is 0.316. The van der Waals surface area contributed by atoms with Gasteiger partial charge in [0.2, 0.25) is 11.8 Å². The van der Waals surface area contributed by atoms with E-state index in [0.717, 1.165) is 46.7 Å². The normalized spacial score (nSPS) is 13.8. The Bertz CT molecular complexity index is 1790. The van der Waals surface area contributed by atoms with Crippen LogP contribution in [0.5, 0.6) is 11.5 Å². The van der Waals surface area contributed by atoms with Gasteiger partial charge in [0, 0.05) is 25.1 Å². The molecule has 10 heteroatoms. The van der Waals surface area contributed by atoms with Crippen LogP contribution in [0.25, 0.3) is 0 Å². The molecule has 4 aromatic carbocycles. The summed E-state index contributed by atoms with van der Waals surface area (Å²) >= 11 is 0. The maximum Gasteiger partial charge on any atom is 0.264 e. The van der Waals surface area contributed by atoms with Crippen molar-refractivity contribution in [2.75, 3.05) is 25.1 Å². The Morgan fingerprint density at radius 3 is 2.15 bits per heavy atom. The molecule has 0 spiro atoms. The van der Waals surface area contributed by atoms with E-state index in [1.165, 1.54) is 37.3 Å². The molecule has 4 aromatic rings. The van der Waals surface area contributed by atoms with Gasteiger partial charge >= 0.3 is 0 Å². The summed E-state index contributed by atoms with van der Waals surface area (Å²) in [6.07, 6.45) is 4.09. The van der Waals surface area contributed by atoms with Gasteiger partial charge in [-0.1, -0.05) is 91.2 Å². The molecule has 2 amide bonds. The molecule has 0 bridgehead atoms. The molecule has 9 nitrogen and oxygen atoms in total. The predicted molar refractivity (Wildman–Crippen MR) is 187 cm³/mol. The first kappa shape index (κ1) is 34.5. The van der Waals surface area contributed by atoms with Gasteiger partial charge < -0.3 is 19.7 Å². The third-order valence-electron chi connectivity index (χ3n) is 8.67. The van der Waals surface area contributed by atoms with Crippen molar-refractivity contribution in [3.05, 3.63) is 120 Å². The first-order valence-corrected chi connectivity index (χ1v) is 17.6. The number of hydrogen-bond acceptors (Lipinski definition) is 6. The molecule has 0 saturated heterocycles. The molecule has 252 valence electrons. The third kappa shape index (κ3) is 8.36. The number of nitrogens with one attached hydrogen (secondary N) is 1. The Morgan fingerprint density at radius 1 is 0.833 bits per heavy atom. The number of amides is 2. The van der Waals surface area contributed by atoms with Crippen molar-refractivity contribution in [1.82, 2.24) is 10.2 Å². The fourth-order valence-corrected chi connectivity index (χ4v) is 7.59. The van der Waals surface area contributed by atoms with E-state index in [2.05, 4.69) is 5.32 Å². The van der Waals surface area contributed by atoms with E-state index in [1.54, 1.807) is 30.3 Å². The minimum atomic E-state index is -4.29. The Hall–Kier alpha value is -4.83. The number of carbonyl (C=O) groups excluding carboxylic acids is 2. The summed E-state index contributed by atoms with van der Waals surface area (Å²) in [7, 11) is -1.38. The van der Waals surface area contributed by atoms with Crippen molar-refractivity contribution in [3.8, 4) is 11.5 Å². The number of rotatable bonds is 14. The lowest BCUT2D eigenvalue weighted by Crippen LogP contribution is -2.54. The highest BCUT2D eigenvalue weighted by Gasteiger charge is 2.36. The van der Waals surface area contributed by atoms with Crippen molar-refractivity contribution in [1.29, 1.82) is 0 Å². The van der Waals surface area contributed by atoms with E-state index in [4.69, 9.17) is 9.47 Å². The van der Waals surface area contributed by atoms with Gasteiger partial charge in [0.15, 0.2) is 0 Å². The average molecular weight is 670 g/mol. The zero-order chi connectivity index (χ0) is 34.1. The maximum atomic E-state index is 14.8. The molecule has 0 aromatic heterocycles. The maximum absolute atomic E-state index is 14.8. The van der Waals surface area contributed by atoms with Crippen LogP contribution in [0.1, 0.15) is 42.4 Å². The van der Waals surface area contributed by atoms with Crippen LogP contribution in [0, 0.1) is 6.92 Å². The van der Waals surface area contributed by atoms with Crippen molar-refractivity contribution < 1.29 is 27.5 Å². The topological polar surface area (TPSA) is 105 Å². The quantitative estimate of drug-likeness (QED) is 0.179. The second-order valence-corrected chi connectivity index (χ2v) is 13.9. The van der Waals surface area contributed by atoms with Gasteiger partial charge in [-0.05, 0) is 55.2 Å². The van der Waals surface area contributed by atoms with E-state index in [0.29, 0.717) is 5.75 Å². The van der Waals surface area contributed by atoms with E-state index >= 15 is 0 Å². The van der Waals surface area contributed by atoms with E-state index < -0.39 is 28.5 Å². The van der Waals surface area contributed by atoms with Crippen molar-refractivity contribution >= 4 is 27.5 Å². The molecule has 1 atom stereocenters. The molecule has 5 rings (SSSR count). The minimum absolute atomic E-state index is 0.00715. The van der Waals surface area contributed by atoms with Crippen molar-refractivity contribution in [3.63, 3.8) is 0 Å². The van der Waals surface area contributed by atoms with Crippen molar-refractivity contribution in [2.24, 2.45) is 0 Å². The molecule has 1 aliphatic rings. The van der Waals surface area contributed by atoms with Crippen LogP contribution in [-0.2, 0) is 32.6 Å². The lowest BCUT2D eigenvalue weighted by molar-refractivity contribution is -0.140. The van der Waals surface area contributed by atoms with Gasteiger partial charge in [-0.15, -0.1) is 0 Å². The summed E-state index contributed by atoms with van der Waals surface area (Å²) in [6.45, 7) is 1.48. The lowest BCUT2D eigenvalue weighted by atomic mass is 10.0. The largest absolute Gasteiger partial charge is 0.497 e. The van der Waals surface area contributed by atoms with E-state index in [1.807, 2.05) is 61.5 Å². The van der Waals surface area contributed by atoms with Gasteiger partial charge in [0.25, 0.3) is 10.0 Å². The highest BCUT2D eigenvalue weighted by atomic mass is 32.2. The number of benzene rings is 4. The number of methoxy groups -OCH3 is 2. The second kappa shape index (κ2) is 15.8. The lowest BCUT2D eigenvalue weighted by Gasteiger charge is -2.34. The molecule has 0 heterocycles. The van der Waals surface area contributed by atoms with Gasteiger partial charge in [-0.2, -0.15) is 0 Å². The number of ether oxygens (including phenoxy) is 2. The number of aryl methyl sites for hydroxylation is 1. The van der Waals surface area contributed by atoms with Crippen LogP contribution in [0.4, 0.5) is 5.69 Å². The number of anilines is 1. The minimum Gasteiger partial charge on any atom is -0.497 e. The number of sulfonamides is 1. The first-order valence-electron chi connectivity index (χ1n) is 16.2. The first-order chi connectivity index (χ1) is 23.2.